The van der Waals surface area contributed by atoms with Crippen LogP contribution in [0.5, 0.6) is 0 Å². The lowest BCUT2D eigenvalue weighted by molar-refractivity contribution is -0.176. The summed E-state index contributed by atoms with van der Waals surface area (Å²) < 4.78 is 42.6. The van der Waals surface area contributed by atoms with E-state index in [9.17, 15) is 27.6 Å². The number of alkyl halides is 3. The van der Waals surface area contributed by atoms with Gasteiger partial charge in [0.1, 0.15) is 12.4 Å². The largest absolute Gasteiger partial charge is 0.411 e. The molecular weight excluding hydrogens is 441 g/mol. The first kappa shape index (κ1) is 26.2. The fourth-order valence-corrected chi connectivity index (χ4v) is 3.19. The Balaban J connectivity index is 2.34. The third-order valence-electron chi connectivity index (χ3n) is 4.94. The number of carbonyl (C=O) groups is 1. The molecule has 0 saturated carbocycles. The van der Waals surface area contributed by atoms with Gasteiger partial charge < -0.3 is 15.4 Å². The molecule has 1 heterocycles. The molecule has 8 nitrogen and oxygen atoms in total. The summed E-state index contributed by atoms with van der Waals surface area (Å²) in [5, 5.41) is 0. The van der Waals surface area contributed by atoms with E-state index in [0.29, 0.717) is 24.9 Å². The third-order valence-corrected chi connectivity index (χ3v) is 4.94. The second-order valence-corrected chi connectivity index (χ2v) is 7.61. The fourth-order valence-electron chi connectivity index (χ4n) is 3.19. The van der Waals surface area contributed by atoms with Crippen molar-refractivity contribution in [2.45, 2.75) is 58.9 Å². The number of rotatable bonds is 11. The van der Waals surface area contributed by atoms with E-state index in [2.05, 4.69) is 9.72 Å². The van der Waals surface area contributed by atoms with Crippen LogP contribution >= 0.6 is 0 Å². The normalized spacial score (nSPS) is 11.5. The minimum absolute atomic E-state index is 0.0844. The van der Waals surface area contributed by atoms with Crippen LogP contribution in [-0.4, -0.2) is 34.8 Å². The Bertz CT molecular complexity index is 1050. The summed E-state index contributed by atoms with van der Waals surface area (Å²) in [6.07, 6.45) is -1.63. The lowest BCUT2D eigenvalue weighted by atomic mass is 10.1. The molecule has 0 aliphatic rings. The Hall–Kier alpha value is -3.08. The number of hydrogen-bond acceptors (Lipinski definition) is 5. The molecule has 0 fully saturated rings. The van der Waals surface area contributed by atoms with E-state index in [1.807, 2.05) is 13.8 Å². The molecule has 0 bridgehead atoms. The lowest BCUT2D eigenvalue weighted by Crippen LogP contribution is -2.41. The predicted molar refractivity (Wildman–Crippen MR) is 119 cm³/mol. The van der Waals surface area contributed by atoms with E-state index >= 15 is 0 Å². The van der Waals surface area contributed by atoms with Crippen LogP contribution in [0.2, 0.25) is 0 Å². The molecule has 182 valence electrons. The Labute approximate surface area is 189 Å². The van der Waals surface area contributed by atoms with Crippen LogP contribution in [0, 0.1) is 0 Å². The molecule has 1 amide bonds. The van der Waals surface area contributed by atoms with Gasteiger partial charge in [-0.3, -0.25) is 19.1 Å². The molecule has 1 aromatic carbocycles. The molecule has 2 aromatic rings. The zero-order chi connectivity index (χ0) is 24.6. The smallest absolute Gasteiger partial charge is 0.383 e. The zero-order valence-corrected chi connectivity index (χ0v) is 18.7. The van der Waals surface area contributed by atoms with Crippen molar-refractivity contribution in [1.82, 2.24) is 9.55 Å². The number of amides is 1. The maximum absolute atomic E-state index is 13.3. The maximum Gasteiger partial charge on any atom is 0.411 e. The summed E-state index contributed by atoms with van der Waals surface area (Å²) >= 11 is 0. The highest BCUT2D eigenvalue weighted by Gasteiger charge is 2.27. The average Bonchev–Trinajstić information content (AvgIpc) is 2.75. The van der Waals surface area contributed by atoms with Gasteiger partial charge in [0.2, 0.25) is 0 Å². The zero-order valence-electron chi connectivity index (χ0n) is 18.7. The standard InChI is InChI=1S/C22H29F3N4O4/c1-3-5-11-28(17-18(26)29(12-6-4-2)21(32)27-19(17)30)20(31)16-9-7-15(8-10-16)13-33-14-22(23,24)25/h7-10H,3-6,11-14,26H2,1-2H3,(H,27,30,32). The van der Waals surface area contributed by atoms with Crippen molar-refractivity contribution in [2.24, 2.45) is 0 Å². The quantitative estimate of drug-likeness (QED) is 0.523. The molecule has 0 saturated heterocycles. The van der Waals surface area contributed by atoms with Crippen LogP contribution in [0.15, 0.2) is 33.9 Å². The molecular formula is C22H29F3N4O4. The topological polar surface area (TPSA) is 110 Å². The van der Waals surface area contributed by atoms with Crippen molar-refractivity contribution in [2.75, 3.05) is 23.8 Å². The molecule has 0 atom stereocenters. The lowest BCUT2D eigenvalue weighted by Gasteiger charge is -2.24. The van der Waals surface area contributed by atoms with Gasteiger partial charge in [-0.15, -0.1) is 0 Å². The number of ether oxygens (including phenoxy) is 1. The minimum atomic E-state index is -4.42. The van der Waals surface area contributed by atoms with Gasteiger partial charge in [0.25, 0.3) is 11.5 Å². The molecule has 33 heavy (non-hydrogen) atoms. The number of nitrogens with one attached hydrogen (secondary N) is 1. The number of unbranched alkanes of at least 4 members (excludes halogenated alkanes) is 2. The molecule has 0 unspecified atom stereocenters. The van der Waals surface area contributed by atoms with Gasteiger partial charge in [-0.1, -0.05) is 38.8 Å². The number of nitrogen functional groups attached to an aromatic ring is 1. The van der Waals surface area contributed by atoms with E-state index in [1.165, 1.54) is 33.7 Å². The van der Waals surface area contributed by atoms with Gasteiger partial charge in [0, 0.05) is 18.7 Å². The van der Waals surface area contributed by atoms with E-state index in [0.717, 1.165) is 12.8 Å². The fraction of sp³-hybridized carbons (Fsp3) is 0.500. The van der Waals surface area contributed by atoms with Crippen molar-refractivity contribution in [1.29, 1.82) is 0 Å². The first-order chi connectivity index (χ1) is 15.6. The number of benzene rings is 1. The summed E-state index contributed by atoms with van der Waals surface area (Å²) in [5.74, 6) is -0.595. The first-order valence-electron chi connectivity index (χ1n) is 10.8. The van der Waals surface area contributed by atoms with Gasteiger partial charge in [-0.05, 0) is 30.5 Å². The summed E-state index contributed by atoms with van der Waals surface area (Å²) in [5.41, 5.74) is 5.36. The third kappa shape index (κ3) is 7.21. The summed E-state index contributed by atoms with van der Waals surface area (Å²) in [7, 11) is 0. The number of aromatic amines is 1. The van der Waals surface area contributed by atoms with E-state index in [1.54, 1.807) is 0 Å². The number of halogens is 3. The second kappa shape index (κ2) is 11.7. The Morgan fingerprint density at radius 1 is 1.12 bits per heavy atom. The van der Waals surface area contributed by atoms with Gasteiger partial charge in [0.05, 0.1) is 6.61 Å². The van der Waals surface area contributed by atoms with Crippen LogP contribution in [0.25, 0.3) is 0 Å². The van der Waals surface area contributed by atoms with Gasteiger partial charge in [-0.25, -0.2) is 4.79 Å². The number of nitrogens with zero attached hydrogens (tertiary/aromatic N) is 2. The van der Waals surface area contributed by atoms with Crippen molar-refractivity contribution < 1.29 is 22.7 Å². The monoisotopic (exact) mass is 470 g/mol. The van der Waals surface area contributed by atoms with Gasteiger partial charge >= 0.3 is 11.9 Å². The number of hydrogen-bond donors (Lipinski definition) is 2. The molecule has 0 spiro atoms. The highest BCUT2D eigenvalue weighted by atomic mass is 19.4. The Kier molecular flexibility index (Phi) is 9.27. The summed E-state index contributed by atoms with van der Waals surface area (Å²) in [6, 6.07) is 5.87. The van der Waals surface area contributed by atoms with Gasteiger partial charge in [0.15, 0.2) is 5.69 Å². The van der Waals surface area contributed by atoms with Crippen LogP contribution in [-0.2, 0) is 17.9 Å². The summed E-state index contributed by atoms with van der Waals surface area (Å²) in [4.78, 5) is 41.6. The minimum Gasteiger partial charge on any atom is -0.383 e. The van der Waals surface area contributed by atoms with E-state index in [-0.39, 0.29) is 30.2 Å². The number of H-pyrrole nitrogens is 1. The molecule has 11 heteroatoms. The Morgan fingerprint density at radius 3 is 2.33 bits per heavy atom. The van der Waals surface area contributed by atoms with Crippen molar-refractivity contribution in [3.8, 4) is 0 Å². The maximum atomic E-state index is 13.3. The van der Waals surface area contributed by atoms with Crippen LogP contribution in [0.3, 0.4) is 0 Å². The van der Waals surface area contributed by atoms with Crippen molar-refractivity contribution in [3.05, 3.63) is 56.2 Å². The van der Waals surface area contributed by atoms with E-state index in [4.69, 9.17) is 5.73 Å². The van der Waals surface area contributed by atoms with Crippen LogP contribution in [0.1, 0.15) is 55.5 Å². The van der Waals surface area contributed by atoms with Gasteiger partial charge in [-0.2, -0.15) is 13.2 Å². The Morgan fingerprint density at radius 2 is 1.76 bits per heavy atom. The molecule has 1 aromatic heterocycles. The van der Waals surface area contributed by atoms with E-state index < -0.39 is 29.9 Å². The molecule has 0 aliphatic heterocycles. The number of aromatic nitrogens is 2. The van der Waals surface area contributed by atoms with Crippen molar-refractivity contribution >= 4 is 17.4 Å². The summed E-state index contributed by atoms with van der Waals surface area (Å²) in [6.45, 7) is 2.74. The second-order valence-electron chi connectivity index (χ2n) is 7.61. The molecule has 2 rings (SSSR count). The SMILES string of the molecule is CCCCN(C(=O)c1ccc(COCC(F)(F)F)cc1)c1c(N)n(CCCC)c(=O)[nH]c1=O. The highest BCUT2D eigenvalue weighted by molar-refractivity contribution is 6.07. The predicted octanol–water partition coefficient (Wildman–Crippen LogP) is 3.44. The highest BCUT2D eigenvalue weighted by Crippen LogP contribution is 2.21. The van der Waals surface area contributed by atoms with Crippen LogP contribution in [0.4, 0.5) is 24.7 Å². The number of anilines is 2. The average molecular weight is 470 g/mol. The molecule has 0 aliphatic carbocycles. The number of carbonyl (C=O) groups excluding carboxylic acids is 1. The molecule has 3 N–H and O–H groups in total. The van der Waals surface area contributed by atoms with Crippen LogP contribution < -0.4 is 21.9 Å². The first-order valence-corrected chi connectivity index (χ1v) is 10.8. The van der Waals surface area contributed by atoms with Crippen molar-refractivity contribution in [3.63, 3.8) is 0 Å². The number of nitrogens with two attached hydrogens (primary N) is 1. The molecule has 0 radical (unpaired) electrons.